The minimum Gasteiger partial charge on any atom is -0.455 e. The van der Waals surface area contributed by atoms with Gasteiger partial charge in [-0.2, -0.15) is 5.21 Å². The Morgan fingerprint density at radius 1 is 1.13 bits per heavy atom. The van der Waals surface area contributed by atoms with Crippen LogP contribution in [0, 0.1) is 13.8 Å². The molecular formula is C23H21BrN6O. The number of halogens is 1. The summed E-state index contributed by atoms with van der Waals surface area (Å²) in [5.41, 5.74) is 5.97. The van der Waals surface area contributed by atoms with Crippen molar-refractivity contribution in [2.75, 3.05) is 0 Å². The molecule has 0 radical (unpaired) electrons. The molecule has 5 rings (SSSR count). The number of fused-ring (bicyclic) bond motifs is 1. The third kappa shape index (κ3) is 3.46. The highest BCUT2D eigenvalue weighted by Gasteiger charge is 2.20. The lowest BCUT2D eigenvalue weighted by Crippen LogP contribution is -2.03. The average molecular weight is 477 g/mol. The van der Waals surface area contributed by atoms with Gasteiger partial charge in [0.2, 0.25) is 5.82 Å². The lowest BCUT2D eigenvalue weighted by Gasteiger charge is -2.08. The Hall–Kier alpha value is -3.26. The van der Waals surface area contributed by atoms with Crippen molar-refractivity contribution in [3.63, 3.8) is 0 Å². The minimum atomic E-state index is 0.530. The van der Waals surface area contributed by atoms with Gasteiger partial charge >= 0.3 is 0 Å². The molecule has 5 aromatic rings. The average Bonchev–Trinajstić information content (AvgIpc) is 3.48. The Labute approximate surface area is 187 Å². The number of H-pyrrole nitrogens is 1. The van der Waals surface area contributed by atoms with Crippen LogP contribution in [-0.2, 0) is 13.0 Å². The number of benzene rings is 2. The topological polar surface area (TPSA) is 85.4 Å². The van der Waals surface area contributed by atoms with Gasteiger partial charge in [-0.15, -0.1) is 10.2 Å². The number of nitrogens with zero attached hydrogens (tertiary/aromatic N) is 5. The van der Waals surface area contributed by atoms with Gasteiger partial charge in [0.1, 0.15) is 17.2 Å². The zero-order valence-corrected chi connectivity index (χ0v) is 19.1. The number of furan rings is 1. The number of tetrazole rings is 1. The van der Waals surface area contributed by atoms with E-state index in [2.05, 4.69) is 78.3 Å². The van der Waals surface area contributed by atoms with Crippen LogP contribution in [0.5, 0.6) is 0 Å². The summed E-state index contributed by atoms with van der Waals surface area (Å²) in [5, 5.41) is 15.5. The zero-order chi connectivity index (χ0) is 21.5. The molecule has 8 heteroatoms. The number of hydrogen-bond donors (Lipinski definition) is 1. The summed E-state index contributed by atoms with van der Waals surface area (Å²) in [6.45, 7) is 7.01. The molecule has 0 bridgehead atoms. The second kappa shape index (κ2) is 7.77. The summed E-state index contributed by atoms with van der Waals surface area (Å²) in [5.74, 6) is 2.38. The zero-order valence-electron chi connectivity index (χ0n) is 17.5. The van der Waals surface area contributed by atoms with E-state index in [0.29, 0.717) is 5.82 Å². The molecule has 0 atom stereocenters. The molecule has 0 fully saturated rings. The molecule has 2 aromatic carbocycles. The van der Waals surface area contributed by atoms with Crippen LogP contribution in [0.15, 0.2) is 51.5 Å². The Morgan fingerprint density at radius 3 is 2.68 bits per heavy atom. The molecule has 1 N–H and O–H groups in total. The van der Waals surface area contributed by atoms with Crippen molar-refractivity contribution in [2.45, 2.75) is 33.7 Å². The van der Waals surface area contributed by atoms with E-state index < -0.39 is 0 Å². The van der Waals surface area contributed by atoms with E-state index in [-0.39, 0.29) is 0 Å². The van der Waals surface area contributed by atoms with Gasteiger partial charge in [0.15, 0.2) is 0 Å². The third-order valence-corrected chi connectivity index (χ3v) is 6.17. The molecule has 0 spiro atoms. The van der Waals surface area contributed by atoms with Crippen LogP contribution >= 0.6 is 15.9 Å². The predicted molar refractivity (Wildman–Crippen MR) is 123 cm³/mol. The van der Waals surface area contributed by atoms with Crippen LogP contribution in [0.4, 0.5) is 0 Å². The molecule has 156 valence electrons. The molecule has 0 saturated carbocycles. The van der Waals surface area contributed by atoms with Crippen molar-refractivity contribution in [2.24, 2.45) is 0 Å². The molecule has 0 aliphatic rings. The maximum Gasteiger partial charge on any atom is 0.205 e. The number of rotatable bonds is 5. The number of hydrogen-bond acceptors (Lipinski definition) is 5. The monoisotopic (exact) mass is 476 g/mol. The highest BCUT2D eigenvalue weighted by Crippen LogP contribution is 2.42. The standard InChI is InChI=1S/C23H21BrN6O/c1-4-19-25-14(3)11-30(19)12-15-9-13(2)21-18(10-15)20(24)22(31-21)16-7-5-6-8-17(16)23-26-28-29-27-23/h5-11H,4,12H2,1-3H3,(H,26,27,28,29). The van der Waals surface area contributed by atoms with E-state index in [1.54, 1.807) is 0 Å². The quantitative estimate of drug-likeness (QED) is 0.363. The van der Waals surface area contributed by atoms with Crippen molar-refractivity contribution >= 4 is 26.9 Å². The van der Waals surface area contributed by atoms with Gasteiger partial charge in [0.25, 0.3) is 0 Å². The minimum absolute atomic E-state index is 0.530. The summed E-state index contributed by atoms with van der Waals surface area (Å²) in [6.07, 6.45) is 3.01. The molecule has 3 heterocycles. The molecule has 3 aromatic heterocycles. The van der Waals surface area contributed by atoms with Crippen LogP contribution in [0.25, 0.3) is 33.7 Å². The number of aromatic amines is 1. The molecule has 0 unspecified atom stereocenters. The van der Waals surface area contributed by atoms with Crippen molar-refractivity contribution in [1.82, 2.24) is 30.2 Å². The van der Waals surface area contributed by atoms with Gasteiger partial charge in [-0.05, 0) is 52.2 Å². The van der Waals surface area contributed by atoms with E-state index in [4.69, 9.17) is 4.42 Å². The van der Waals surface area contributed by atoms with Crippen LogP contribution in [0.2, 0.25) is 0 Å². The lowest BCUT2D eigenvalue weighted by atomic mass is 10.0. The molecule has 0 aliphatic carbocycles. The Balaban J connectivity index is 1.62. The number of imidazole rings is 1. The van der Waals surface area contributed by atoms with E-state index in [1.807, 2.05) is 31.2 Å². The molecule has 31 heavy (non-hydrogen) atoms. The van der Waals surface area contributed by atoms with E-state index in [9.17, 15) is 0 Å². The first-order valence-electron chi connectivity index (χ1n) is 10.1. The maximum absolute atomic E-state index is 6.36. The van der Waals surface area contributed by atoms with Crippen LogP contribution in [0.1, 0.15) is 29.6 Å². The summed E-state index contributed by atoms with van der Waals surface area (Å²) in [4.78, 5) is 4.62. The van der Waals surface area contributed by atoms with Gasteiger partial charge in [-0.25, -0.2) is 4.98 Å². The first-order valence-corrected chi connectivity index (χ1v) is 10.9. The highest BCUT2D eigenvalue weighted by atomic mass is 79.9. The van der Waals surface area contributed by atoms with Crippen LogP contribution in [0.3, 0.4) is 0 Å². The maximum atomic E-state index is 6.36. The molecule has 0 saturated heterocycles. The summed E-state index contributed by atoms with van der Waals surface area (Å²) in [7, 11) is 0. The number of aryl methyl sites for hydroxylation is 3. The number of aromatic nitrogens is 6. The Morgan fingerprint density at radius 2 is 1.94 bits per heavy atom. The first-order chi connectivity index (χ1) is 15.0. The fourth-order valence-corrected chi connectivity index (χ4v) is 4.63. The largest absolute Gasteiger partial charge is 0.455 e. The van der Waals surface area contributed by atoms with Gasteiger partial charge in [0.05, 0.1) is 10.2 Å². The Bertz CT molecular complexity index is 1380. The van der Waals surface area contributed by atoms with E-state index >= 15 is 0 Å². The molecule has 7 nitrogen and oxygen atoms in total. The van der Waals surface area contributed by atoms with Crippen LogP contribution in [-0.4, -0.2) is 30.2 Å². The molecule has 0 aliphatic heterocycles. The van der Waals surface area contributed by atoms with Gasteiger partial charge < -0.3 is 8.98 Å². The lowest BCUT2D eigenvalue weighted by molar-refractivity contribution is 0.627. The van der Waals surface area contributed by atoms with Gasteiger partial charge in [0, 0.05) is 35.7 Å². The summed E-state index contributed by atoms with van der Waals surface area (Å²) >= 11 is 3.79. The molecule has 0 amide bonds. The summed E-state index contributed by atoms with van der Waals surface area (Å²) in [6, 6.07) is 12.3. The van der Waals surface area contributed by atoms with E-state index in [1.165, 1.54) is 5.56 Å². The van der Waals surface area contributed by atoms with Crippen LogP contribution < -0.4 is 0 Å². The van der Waals surface area contributed by atoms with Gasteiger partial charge in [-0.1, -0.05) is 37.3 Å². The van der Waals surface area contributed by atoms with Crippen molar-refractivity contribution in [3.8, 4) is 22.7 Å². The SMILES string of the molecule is CCc1nc(C)cn1Cc1cc(C)c2oc(-c3ccccc3-c3nn[nH]n3)c(Br)c2c1. The Kier molecular flexibility index (Phi) is 4.94. The number of nitrogens with one attached hydrogen (secondary N) is 1. The second-order valence-corrected chi connectivity index (χ2v) is 8.39. The fraction of sp³-hybridized carbons (Fsp3) is 0.217. The summed E-state index contributed by atoms with van der Waals surface area (Å²) < 4.78 is 9.49. The smallest absolute Gasteiger partial charge is 0.205 e. The van der Waals surface area contributed by atoms with Crippen molar-refractivity contribution in [1.29, 1.82) is 0 Å². The molecular weight excluding hydrogens is 456 g/mol. The van der Waals surface area contributed by atoms with Crippen molar-refractivity contribution < 1.29 is 4.42 Å². The second-order valence-electron chi connectivity index (χ2n) is 7.60. The fourth-order valence-electron chi connectivity index (χ4n) is 4.05. The highest BCUT2D eigenvalue weighted by molar-refractivity contribution is 9.10. The first kappa shape index (κ1) is 19.7. The normalized spacial score (nSPS) is 11.5. The van der Waals surface area contributed by atoms with Crippen molar-refractivity contribution in [3.05, 3.63) is 69.7 Å². The third-order valence-electron chi connectivity index (χ3n) is 5.38. The van der Waals surface area contributed by atoms with Gasteiger partial charge in [-0.3, -0.25) is 0 Å². The predicted octanol–water partition coefficient (Wildman–Crippen LogP) is 5.47. The van der Waals surface area contributed by atoms with E-state index in [0.717, 1.165) is 62.4 Å².